The Morgan fingerprint density at radius 2 is 2.10 bits per heavy atom. The molecule has 21 heavy (non-hydrogen) atoms. The van der Waals surface area contributed by atoms with Crippen LogP contribution in [-0.2, 0) is 11.5 Å². The number of aliphatic carboxylic acids is 1. The van der Waals surface area contributed by atoms with Crippen LogP contribution in [0.1, 0.15) is 6.42 Å². The van der Waals surface area contributed by atoms with E-state index in [1.165, 1.54) is 0 Å². The number of carboxylic acids is 1. The molecular formula is C13H13BrN4O2S. The largest absolute Gasteiger partial charge is 0.481 e. The zero-order valence-electron chi connectivity index (χ0n) is 11.1. The van der Waals surface area contributed by atoms with Crippen LogP contribution in [0.5, 0.6) is 0 Å². The van der Waals surface area contributed by atoms with E-state index in [1.807, 2.05) is 28.8 Å². The number of rotatable bonds is 4. The molecule has 0 fully saturated rings. The van der Waals surface area contributed by atoms with Gasteiger partial charge in [-0.05, 0) is 12.1 Å². The van der Waals surface area contributed by atoms with Gasteiger partial charge in [0.25, 0.3) is 0 Å². The Morgan fingerprint density at radius 1 is 1.33 bits per heavy atom. The van der Waals surface area contributed by atoms with Crippen LogP contribution in [0, 0.1) is 0 Å². The molecule has 0 radical (unpaired) electrons. The van der Waals surface area contributed by atoms with Gasteiger partial charge >= 0.3 is 5.97 Å². The number of nitrogens with zero attached hydrogens (tertiary/aromatic N) is 4. The van der Waals surface area contributed by atoms with Gasteiger partial charge in [-0.1, -0.05) is 39.8 Å². The molecule has 0 spiro atoms. The highest BCUT2D eigenvalue weighted by molar-refractivity contribution is 9.10. The average Bonchev–Trinajstić information content (AvgIpc) is 2.89. The summed E-state index contributed by atoms with van der Waals surface area (Å²) in [6.45, 7) is 1.15. The first-order valence-corrected chi connectivity index (χ1v) is 8.17. The molecule has 1 N–H and O–H groups in total. The van der Waals surface area contributed by atoms with Crippen LogP contribution >= 0.6 is 27.7 Å². The second-order valence-corrected chi connectivity index (χ2v) is 6.52. The Bertz CT molecular complexity index is 659. The van der Waals surface area contributed by atoms with E-state index in [0.29, 0.717) is 13.2 Å². The minimum absolute atomic E-state index is 0.144. The van der Waals surface area contributed by atoms with Crippen LogP contribution in [0.2, 0.25) is 0 Å². The third-order valence-electron chi connectivity index (χ3n) is 3.18. The number of thioether (sulfide) groups is 1. The van der Waals surface area contributed by atoms with Crippen molar-refractivity contribution in [3.8, 4) is 11.4 Å². The molecule has 1 aromatic heterocycles. The van der Waals surface area contributed by atoms with Crippen molar-refractivity contribution < 1.29 is 9.90 Å². The van der Waals surface area contributed by atoms with Crippen LogP contribution in [-0.4, -0.2) is 43.2 Å². The number of benzene rings is 1. The molecule has 8 heteroatoms. The van der Waals surface area contributed by atoms with Crippen molar-refractivity contribution in [1.82, 2.24) is 19.7 Å². The van der Waals surface area contributed by atoms with Gasteiger partial charge in [0.2, 0.25) is 0 Å². The van der Waals surface area contributed by atoms with E-state index in [2.05, 4.69) is 31.0 Å². The number of fused-ring (bicyclic) bond motifs is 1. The Kier molecular flexibility index (Phi) is 4.27. The summed E-state index contributed by atoms with van der Waals surface area (Å²) >= 11 is 5.00. The van der Waals surface area contributed by atoms with Crippen molar-refractivity contribution in [1.29, 1.82) is 0 Å². The molecule has 110 valence electrons. The molecule has 0 saturated heterocycles. The molecule has 0 atom stereocenters. The fourth-order valence-electron chi connectivity index (χ4n) is 2.11. The van der Waals surface area contributed by atoms with Crippen LogP contribution in [0.3, 0.4) is 0 Å². The number of carbonyl (C=O) groups is 1. The highest BCUT2D eigenvalue weighted by Crippen LogP contribution is 2.29. The highest BCUT2D eigenvalue weighted by Gasteiger charge is 2.22. The zero-order chi connectivity index (χ0) is 14.8. The van der Waals surface area contributed by atoms with Crippen molar-refractivity contribution in [2.75, 3.05) is 12.4 Å². The smallest absolute Gasteiger partial charge is 0.304 e. The van der Waals surface area contributed by atoms with Gasteiger partial charge in [0.1, 0.15) is 0 Å². The third-order valence-corrected chi connectivity index (χ3v) is 4.76. The third kappa shape index (κ3) is 3.28. The molecule has 0 saturated carbocycles. The standard InChI is InChI=1S/C13H13BrN4O2S/c14-10-3-1-9(2-4-10)12-15-16-13-18(12)7-17(8-21-13)6-5-11(19)20/h1-4H,5-8H2,(H,19,20). The molecule has 0 amide bonds. The number of carboxylic acid groups (broad SMARTS) is 1. The van der Waals surface area contributed by atoms with E-state index < -0.39 is 5.97 Å². The summed E-state index contributed by atoms with van der Waals surface area (Å²) in [5, 5.41) is 18.1. The Morgan fingerprint density at radius 3 is 2.81 bits per heavy atom. The van der Waals surface area contributed by atoms with Gasteiger partial charge in [0.05, 0.1) is 19.0 Å². The van der Waals surface area contributed by atoms with Gasteiger partial charge in [0, 0.05) is 16.6 Å². The molecule has 1 aromatic carbocycles. The second-order valence-electron chi connectivity index (χ2n) is 4.69. The number of halogens is 1. The average molecular weight is 369 g/mol. The summed E-state index contributed by atoms with van der Waals surface area (Å²) in [6.07, 6.45) is 0.144. The number of hydrogen-bond acceptors (Lipinski definition) is 5. The molecule has 1 aliphatic heterocycles. The first kappa shape index (κ1) is 14.6. The lowest BCUT2D eigenvalue weighted by atomic mass is 10.2. The SMILES string of the molecule is O=C(O)CCN1CSc2nnc(-c3ccc(Br)cc3)n2C1. The second kappa shape index (κ2) is 6.17. The first-order chi connectivity index (χ1) is 10.1. The molecule has 2 heterocycles. The fourth-order valence-corrected chi connectivity index (χ4v) is 3.29. The van der Waals surface area contributed by atoms with Gasteiger partial charge in [-0.3, -0.25) is 14.3 Å². The maximum atomic E-state index is 10.7. The molecule has 6 nitrogen and oxygen atoms in total. The lowest BCUT2D eigenvalue weighted by molar-refractivity contribution is -0.137. The van der Waals surface area contributed by atoms with Crippen molar-refractivity contribution in [2.24, 2.45) is 0 Å². The maximum Gasteiger partial charge on any atom is 0.304 e. The minimum atomic E-state index is -0.775. The van der Waals surface area contributed by atoms with Gasteiger partial charge in [-0.15, -0.1) is 10.2 Å². The Hall–Kier alpha value is -1.38. The zero-order valence-corrected chi connectivity index (χ0v) is 13.5. The molecule has 3 rings (SSSR count). The fraction of sp³-hybridized carbons (Fsp3) is 0.308. The summed E-state index contributed by atoms with van der Waals surface area (Å²) in [5.41, 5.74) is 0.998. The summed E-state index contributed by atoms with van der Waals surface area (Å²) in [6, 6.07) is 7.91. The summed E-state index contributed by atoms with van der Waals surface area (Å²) in [7, 11) is 0. The summed E-state index contributed by atoms with van der Waals surface area (Å²) in [5.74, 6) is 0.777. The predicted octanol–water partition coefficient (Wildman–Crippen LogP) is 2.51. The molecule has 0 bridgehead atoms. The highest BCUT2D eigenvalue weighted by atomic mass is 79.9. The van der Waals surface area contributed by atoms with Crippen LogP contribution in [0.15, 0.2) is 33.9 Å². The number of aromatic nitrogens is 3. The molecule has 0 unspecified atom stereocenters. The normalized spacial score (nSPS) is 14.9. The van der Waals surface area contributed by atoms with Gasteiger partial charge in [-0.25, -0.2) is 0 Å². The van der Waals surface area contributed by atoms with E-state index in [4.69, 9.17) is 5.11 Å². The van der Waals surface area contributed by atoms with Crippen molar-refractivity contribution in [3.63, 3.8) is 0 Å². The molecule has 2 aromatic rings. The maximum absolute atomic E-state index is 10.7. The minimum Gasteiger partial charge on any atom is -0.481 e. The van der Waals surface area contributed by atoms with Crippen molar-refractivity contribution in [3.05, 3.63) is 28.7 Å². The topological polar surface area (TPSA) is 71.2 Å². The molecule has 1 aliphatic rings. The molecule has 0 aliphatic carbocycles. The van der Waals surface area contributed by atoms with Crippen LogP contribution in [0.25, 0.3) is 11.4 Å². The monoisotopic (exact) mass is 368 g/mol. The quantitative estimate of drug-likeness (QED) is 0.893. The predicted molar refractivity (Wildman–Crippen MR) is 82.8 cm³/mol. The van der Waals surface area contributed by atoms with Gasteiger partial charge in [-0.2, -0.15) is 0 Å². The van der Waals surface area contributed by atoms with E-state index in [-0.39, 0.29) is 6.42 Å². The van der Waals surface area contributed by atoms with E-state index in [9.17, 15) is 4.79 Å². The first-order valence-electron chi connectivity index (χ1n) is 6.39. The number of hydrogen-bond donors (Lipinski definition) is 1. The summed E-state index contributed by atoms with van der Waals surface area (Å²) < 4.78 is 3.04. The Labute approximate surface area is 134 Å². The van der Waals surface area contributed by atoms with Gasteiger partial charge in [0.15, 0.2) is 11.0 Å². The van der Waals surface area contributed by atoms with Crippen LogP contribution < -0.4 is 0 Å². The van der Waals surface area contributed by atoms with Crippen molar-refractivity contribution >= 4 is 33.7 Å². The lowest BCUT2D eigenvalue weighted by Gasteiger charge is -2.27. The molecular weight excluding hydrogens is 356 g/mol. The van der Waals surface area contributed by atoms with E-state index in [0.717, 1.165) is 26.9 Å². The summed E-state index contributed by atoms with van der Waals surface area (Å²) in [4.78, 5) is 12.8. The lowest BCUT2D eigenvalue weighted by Crippen LogP contribution is -2.32. The van der Waals surface area contributed by atoms with E-state index in [1.54, 1.807) is 11.8 Å². The van der Waals surface area contributed by atoms with E-state index >= 15 is 0 Å². The van der Waals surface area contributed by atoms with Crippen molar-refractivity contribution in [2.45, 2.75) is 18.2 Å². The van der Waals surface area contributed by atoms with Crippen LogP contribution in [0.4, 0.5) is 0 Å². The Balaban J connectivity index is 1.82. The van der Waals surface area contributed by atoms with Gasteiger partial charge < -0.3 is 5.11 Å².